The van der Waals surface area contributed by atoms with Crippen LogP contribution in [-0.2, 0) is 25.9 Å². The van der Waals surface area contributed by atoms with E-state index in [2.05, 4.69) is 51.8 Å². The topological polar surface area (TPSA) is 21.1 Å². The Morgan fingerprint density at radius 1 is 1.08 bits per heavy atom. The Kier molecular flexibility index (Phi) is 6.27. The number of nitrogens with zero attached hydrogens (tertiary/aromatic N) is 3. The van der Waals surface area contributed by atoms with Gasteiger partial charge in [-0.05, 0) is 36.7 Å². The first-order valence-corrected chi connectivity index (χ1v) is 7.99. The van der Waals surface area contributed by atoms with Crippen molar-refractivity contribution >= 4 is 35.7 Å². The third-order valence-electron chi connectivity index (χ3n) is 4.70. The van der Waals surface area contributed by atoms with E-state index in [1.54, 1.807) is 0 Å². The summed E-state index contributed by atoms with van der Waals surface area (Å²) < 4.78 is 2.53. The predicted molar refractivity (Wildman–Crippen MR) is 104 cm³/mol. The van der Waals surface area contributed by atoms with Crippen molar-refractivity contribution in [1.82, 2.24) is 14.5 Å². The van der Waals surface area contributed by atoms with Crippen LogP contribution < -0.4 is 0 Å². The molecule has 0 atom stereocenters. The van der Waals surface area contributed by atoms with E-state index in [4.69, 9.17) is 0 Å². The fraction of sp³-hybridized carbons (Fsp3) is 0.316. The summed E-state index contributed by atoms with van der Waals surface area (Å²) in [4.78, 5) is 6.65. The highest BCUT2D eigenvalue weighted by Crippen LogP contribution is 2.30. The lowest BCUT2D eigenvalue weighted by Gasteiger charge is -2.24. The third kappa shape index (κ3) is 3.44. The zero-order valence-corrected chi connectivity index (χ0v) is 15.4. The molecule has 0 amide bonds. The molecule has 0 spiro atoms. The molecule has 3 nitrogen and oxygen atoms in total. The van der Waals surface area contributed by atoms with Gasteiger partial charge in [0.05, 0.1) is 0 Å². The fourth-order valence-electron chi connectivity index (χ4n) is 3.58. The summed E-state index contributed by atoms with van der Waals surface area (Å²) in [6.45, 7) is 3.25. The number of para-hydroxylation sites is 1. The van der Waals surface area contributed by atoms with E-state index in [9.17, 15) is 0 Å². The SMILES string of the molecule is CN1CCc2c(c3ccccc3n2CCc2cccnc2)C1.Cl.Cl. The molecule has 1 aliphatic rings. The Morgan fingerprint density at radius 3 is 2.71 bits per heavy atom. The molecule has 0 radical (unpaired) electrons. The van der Waals surface area contributed by atoms with Crippen molar-refractivity contribution < 1.29 is 0 Å². The van der Waals surface area contributed by atoms with Gasteiger partial charge in [-0.25, -0.2) is 0 Å². The van der Waals surface area contributed by atoms with Gasteiger partial charge in [0, 0.05) is 55.0 Å². The van der Waals surface area contributed by atoms with Gasteiger partial charge in [-0.15, -0.1) is 24.8 Å². The van der Waals surface area contributed by atoms with E-state index < -0.39 is 0 Å². The van der Waals surface area contributed by atoms with Gasteiger partial charge in [0.1, 0.15) is 0 Å². The minimum atomic E-state index is 0. The lowest BCUT2D eigenvalue weighted by molar-refractivity contribution is 0.309. The maximum Gasteiger partial charge on any atom is 0.0486 e. The van der Waals surface area contributed by atoms with Crippen LogP contribution in [0.1, 0.15) is 16.8 Å². The van der Waals surface area contributed by atoms with Crippen molar-refractivity contribution in [3.8, 4) is 0 Å². The number of halogens is 2. The van der Waals surface area contributed by atoms with Crippen molar-refractivity contribution in [2.75, 3.05) is 13.6 Å². The lowest BCUT2D eigenvalue weighted by Crippen LogP contribution is -2.27. The Morgan fingerprint density at radius 2 is 1.92 bits per heavy atom. The zero-order chi connectivity index (χ0) is 14.9. The molecule has 4 rings (SSSR count). The molecule has 0 bridgehead atoms. The molecule has 3 aromatic rings. The van der Waals surface area contributed by atoms with Crippen molar-refractivity contribution in [2.45, 2.75) is 25.9 Å². The van der Waals surface area contributed by atoms with E-state index >= 15 is 0 Å². The largest absolute Gasteiger partial charge is 0.344 e. The normalized spacial score (nSPS) is 13.9. The van der Waals surface area contributed by atoms with Crippen LogP contribution in [0, 0.1) is 0 Å². The predicted octanol–water partition coefficient (Wildman–Crippen LogP) is 4.11. The van der Waals surface area contributed by atoms with E-state index in [1.165, 1.54) is 27.7 Å². The summed E-state index contributed by atoms with van der Waals surface area (Å²) in [5, 5.41) is 1.43. The van der Waals surface area contributed by atoms with Crippen molar-refractivity contribution in [3.05, 3.63) is 65.6 Å². The highest BCUT2D eigenvalue weighted by Gasteiger charge is 2.21. The van der Waals surface area contributed by atoms with E-state index in [0.29, 0.717) is 0 Å². The number of benzene rings is 1. The van der Waals surface area contributed by atoms with Crippen LogP contribution in [-0.4, -0.2) is 28.0 Å². The summed E-state index contributed by atoms with van der Waals surface area (Å²) in [5.41, 5.74) is 5.74. The number of pyridine rings is 1. The lowest BCUT2D eigenvalue weighted by atomic mass is 10.1. The number of fused-ring (bicyclic) bond motifs is 3. The van der Waals surface area contributed by atoms with Crippen LogP contribution in [0.5, 0.6) is 0 Å². The quantitative estimate of drug-likeness (QED) is 0.697. The first-order chi connectivity index (χ1) is 10.8. The van der Waals surface area contributed by atoms with Gasteiger partial charge < -0.3 is 9.47 Å². The standard InChI is InChI=1S/C19H21N3.2ClH/c1-21-11-9-19-17(14-21)16-6-2-3-7-18(16)22(19)12-8-15-5-4-10-20-13-15;;/h2-7,10,13H,8-9,11-12,14H2,1H3;2*1H. The molecule has 2 aromatic heterocycles. The van der Waals surface area contributed by atoms with Crippen LogP contribution in [0.15, 0.2) is 48.8 Å². The highest BCUT2D eigenvalue weighted by molar-refractivity contribution is 5.86. The number of rotatable bonds is 3. The fourth-order valence-corrected chi connectivity index (χ4v) is 3.58. The molecule has 128 valence electrons. The maximum atomic E-state index is 4.23. The van der Waals surface area contributed by atoms with E-state index in [1.807, 2.05) is 18.5 Å². The van der Waals surface area contributed by atoms with Gasteiger partial charge in [0.15, 0.2) is 0 Å². The molecule has 0 unspecified atom stereocenters. The van der Waals surface area contributed by atoms with Crippen molar-refractivity contribution in [3.63, 3.8) is 0 Å². The molecule has 0 fully saturated rings. The molecule has 24 heavy (non-hydrogen) atoms. The van der Waals surface area contributed by atoms with Gasteiger partial charge >= 0.3 is 0 Å². The van der Waals surface area contributed by atoms with Crippen LogP contribution in [0.3, 0.4) is 0 Å². The van der Waals surface area contributed by atoms with Crippen LogP contribution >= 0.6 is 24.8 Å². The number of hydrogen-bond donors (Lipinski definition) is 0. The first kappa shape index (κ1) is 18.8. The molecule has 5 heteroatoms. The molecule has 1 aliphatic heterocycles. The minimum absolute atomic E-state index is 0. The molecule has 0 aliphatic carbocycles. The maximum absolute atomic E-state index is 4.23. The van der Waals surface area contributed by atoms with E-state index in [0.717, 1.165) is 32.5 Å². The first-order valence-electron chi connectivity index (χ1n) is 7.99. The average Bonchev–Trinajstić information content (AvgIpc) is 2.87. The monoisotopic (exact) mass is 363 g/mol. The Labute approximate surface area is 155 Å². The molecular formula is C19H23Cl2N3. The minimum Gasteiger partial charge on any atom is -0.344 e. The summed E-state index contributed by atoms with van der Waals surface area (Å²) in [6, 6.07) is 13.0. The Balaban J connectivity index is 0.00000104. The number of likely N-dealkylation sites (N-methyl/N-ethyl adjacent to an activating group) is 1. The molecule has 0 saturated heterocycles. The average molecular weight is 364 g/mol. The molecule has 1 aromatic carbocycles. The Bertz CT molecular complexity index is 799. The molecule has 0 saturated carbocycles. The van der Waals surface area contributed by atoms with Crippen molar-refractivity contribution in [1.29, 1.82) is 0 Å². The zero-order valence-electron chi connectivity index (χ0n) is 13.8. The smallest absolute Gasteiger partial charge is 0.0486 e. The molecular weight excluding hydrogens is 341 g/mol. The van der Waals surface area contributed by atoms with Crippen LogP contribution in [0.4, 0.5) is 0 Å². The summed E-state index contributed by atoms with van der Waals surface area (Å²) in [7, 11) is 2.21. The number of aromatic nitrogens is 2. The van der Waals surface area contributed by atoms with E-state index in [-0.39, 0.29) is 24.8 Å². The molecule has 3 heterocycles. The van der Waals surface area contributed by atoms with Gasteiger partial charge in [0.25, 0.3) is 0 Å². The van der Waals surface area contributed by atoms with Gasteiger partial charge in [-0.3, -0.25) is 4.98 Å². The number of hydrogen-bond acceptors (Lipinski definition) is 2. The third-order valence-corrected chi connectivity index (χ3v) is 4.70. The van der Waals surface area contributed by atoms with Gasteiger partial charge in [0.2, 0.25) is 0 Å². The van der Waals surface area contributed by atoms with Gasteiger partial charge in [-0.1, -0.05) is 24.3 Å². The summed E-state index contributed by atoms with van der Waals surface area (Å²) >= 11 is 0. The summed E-state index contributed by atoms with van der Waals surface area (Å²) in [5.74, 6) is 0. The van der Waals surface area contributed by atoms with Crippen LogP contribution in [0.2, 0.25) is 0 Å². The highest BCUT2D eigenvalue weighted by atomic mass is 35.5. The van der Waals surface area contributed by atoms with Crippen molar-refractivity contribution in [2.24, 2.45) is 0 Å². The molecule has 0 N–H and O–H groups in total. The second-order valence-electron chi connectivity index (χ2n) is 6.19. The second-order valence-corrected chi connectivity index (χ2v) is 6.19. The number of aryl methyl sites for hydroxylation is 2. The summed E-state index contributed by atoms with van der Waals surface area (Å²) in [6.07, 6.45) is 6.00. The Hall–Kier alpha value is -1.55. The van der Waals surface area contributed by atoms with Gasteiger partial charge in [-0.2, -0.15) is 0 Å². The second kappa shape index (κ2) is 8.02. The van der Waals surface area contributed by atoms with Crippen LogP contribution in [0.25, 0.3) is 10.9 Å².